The number of carboxylic acids is 1. The zero-order valence-electron chi connectivity index (χ0n) is 27.1. The third-order valence-electron chi connectivity index (χ3n) is 7.02. The lowest BCUT2D eigenvalue weighted by Gasteiger charge is -2.23. The number of nitrogens with one attached hydrogen (secondary N) is 3. The zero-order valence-corrected chi connectivity index (χ0v) is 28.7. The minimum Gasteiger partial charge on any atom is -0.478 e. The number of benzene rings is 3. The Morgan fingerprint density at radius 3 is 2.24 bits per heavy atom. The second kappa shape index (κ2) is 15.8. The summed E-state index contributed by atoms with van der Waals surface area (Å²) in [6, 6.07) is 19.2. The molecule has 6 N–H and O–H groups in total. The molecule has 0 spiro atoms. The predicted molar refractivity (Wildman–Crippen MR) is 185 cm³/mol. The number of carboxylic acid groups (broad SMARTS) is 1. The molecule has 5 rings (SSSR count). The highest BCUT2D eigenvalue weighted by Crippen LogP contribution is 2.40. The molecule has 2 heterocycles. The highest BCUT2D eigenvalue weighted by molar-refractivity contribution is 7.90. The Bertz CT molecular complexity index is 2020. The van der Waals surface area contributed by atoms with Gasteiger partial charge in [0.15, 0.2) is 5.75 Å². The number of hydrogen-bond acceptors (Lipinski definition) is 10. The third kappa shape index (κ3) is 10.2. The Labute approximate surface area is 285 Å². The Hall–Kier alpha value is -5.19. The molecule has 0 bridgehead atoms. The van der Waals surface area contributed by atoms with Crippen LogP contribution in [0.2, 0.25) is 0 Å². The molecule has 0 saturated carbocycles. The molecule has 0 aliphatic carbocycles. The predicted octanol–water partition coefficient (Wildman–Crippen LogP) is 4.95. The molecule has 260 valence electrons. The number of amides is 2. The van der Waals surface area contributed by atoms with E-state index in [0.717, 1.165) is 30.2 Å². The number of anilines is 3. The second-order valence-electron chi connectivity index (χ2n) is 11.4. The van der Waals surface area contributed by atoms with Crippen LogP contribution in [0.5, 0.6) is 11.5 Å². The molecule has 1 aliphatic rings. The average molecular weight is 711 g/mol. The van der Waals surface area contributed by atoms with Crippen molar-refractivity contribution in [3.8, 4) is 11.5 Å². The van der Waals surface area contributed by atoms with Gasteiger partial charge in [0.05, 0.1) is 16.9 Å². The van der Waals surface area contributed by atoms with E-state index in [2.05, 4.69) is 15.6 Å². The van der Waals surface area contributed by atoms with Gasteiger partial charge in [-0.2, -0.15) is 0 Å². The topological polar surface area (TPSA) is 210 Å². The van der Waals surface area contributed by atoms with Gasteiger partial charge in [-0.15, -0.1) is 0 Å². The van der Waals surface area contributed by atoms with Crippen LogP contribution in [0.15, 0.2) is 95.0 Å². The number of pyridine rings is 1. The van der Waals surface area contributed by atoms with Gasteiger partial charge in [0, 0.05) is 37.2 Å². The fourth-order valence-electron chi connectivity index (χ4n) is 4.87. The number of hydrogen-bond donors (Lipinski definition) is 5. The molecule has 1 aromatic heterocycles. The Morgan fingerprint density at radius 1 is 0.939 bits per heavy atom. The lowest BCUT2D eigenvalue weighted by molar-refractivity contribution is 0.0696. The summed E-state index contributed by atoms with van der Waals surface area (Å²) in [5, 5.41) is 20.2. The van der Waals surface area contributed by atoms with Crippen LogP contribution in [0.25, 0.3) is 0 Å². The average Bonchev–Trinajstić information content (AvgIpc) is 3.56. The van der Waals surface area contributed by atoms with Gasteiger partial charge in [0.1, 0.15) is 15.5 Å². The van der Waals surface area contributed by atoms with E-state index in [0.29, 0.717) is 30.2 Å². The Morgan fingerprint density at radius 2 is 1.63 bits per heavy atom. The molecule has 0 atom stereocenters. The van der Waals surface area contributed by atoms with Crippen LogP contribution < -0.4 is 30.1 Å². The van der Waals surface area contributed by atoms with Gasteiger partial charge < -0.3 is 25.4 Å². The number of aromatic nitrogens is 1. The number of rotatable bonds is 10. The maximum Gasteiger partial charge on any atom is 0.335 e. The summed E-state index contributed by atoms with van der Waals surface area (Å²) < 4.78 is 56.8. The molecule has 0 radical (unpaired) electrons. The van der Waals surface area contributed by atoms with Crippen LogP contribution in [0, 0.1) is 6.92 Å². The van der Waals surface area contributed by atoms with Crippen LogP contribution in [0.1, 0.15) is 42.6 Å². The van der Waals surface area contributed by atoms with Crippen LogP contribution >= 0.6 is 0 Å². The molecule has 0 unspecified atom stereocenters. The summed E-state index contributed by atoms with van der Waals surface area (Å²) >= 11 is 0. The van der Waals surface area contributed by atoms with Crippen LogP contribution in [-0.2, 0) is 20.0 Å². The molecular weight excluding hydrogens is 673 g/mol. The van der Waals surface area contributed by atoms with E-state index < -0.39 is 32.0 Å². The number of primary sulfonamides is 1. The SMILES string of the molecule is Cc1cccc(Nc2ccncc2S(=O)(=O)NC(=O)NC(C)C)c1.NS(=O)(=O)c1cc(C(=O)O)cc(N2CCCC2)c1Oc1ccccc1. The van der Waals surface area contributed by atoms with Crippen molar-refractivity contribution in [2.24, 2.45) is 5.14 Å². The van der Waals surface area contributed by atoms with Gasteiger partial charge in [-0.3, -0.25) is 4.98 Å². The monoisotopic (exact) mass is 710 g/mol. The standard InChI is InChI=1S/C17H18N2O5S.C16H20N4O3S/c18-25(22,23)15-11-12(17(20)21)10-14(19-8-4-5-9-19)16(15)24-13-6-2-1-3-7-13;1-11(2)18-16(21)20-24(22,23)15-10-17-8-7-14(15)19-13-6-4-5-12(3)9-13/h1-3,6-7,10-11H,4-5,8-9H2,(H,20,21)(H2,18,22,23);4-11H,1-3H3,(H,17,19)(H2,18,20,21). The van der Waals surface area contributed by atoms with E-state index >= 15 is 0 Å². The fraction of sp³-hybridized carbons (Fsp3) is 0.242. The quantitative estimate of drug-likeness (QED) is 0.149. The van der Waals surface area contributed by atoms with E-state index in [1.807, 2.05) is 46.9 Å². The summed E-state index contributed by atoms with van der Waals surface area (Å²) in [5.74, 6) is -0.729. The van der Waals surface area contributed by atoms with Crippen molar-refractivity contribution in [3.63, 3.8) is 0 Å². The van der Waals surface area contributed by atoms with Crippen molar-refractivity contribution >= 4 is 49.1 Å². The molecule has 4 aromatic rings. The smallest absolute Gasteiger partial charge is 0.335 e. The Balaban J connectivity index is 0.000000221. The first-order valence-electron chi connectivity index (χ1n) is 15.2. The summed E-state index contributed by atoms with van der Waals surface area (Å²) in [6.07, 6.45) is 4.55. The molecule has 14 nitrogen and oxygen atoms in total. The molecule has 3 aromatic carbocycles. The first-order chi connectivity index (χ1) is 23.1. The highest BCUT2D eigenvalue weighted by atomic mass is 32.2. The fourth-order valence-corrected chi connectivity index (χ4v) is 6.59. The van der Waals surface area contributed by atoms with Gasteiger partial charge in [0.2, 0.25) is 10.0 Å². The molecule has 16 heteroatoms. The first kappa shape index (κ1) is 36.6. The largest absolute Gasteiger partial charge is 0.478 e. The molecule has 49 heavy (non-hydrogen) atoms. The number of aryl methyl sites for hydroxylation is 1. The maximum absolute atomic E-state index is 12.5. The van der Waals surface area contributed by atoms with Crippen molar-refractivity contribution in [3.05, 3.63) is 96.3 Å². The van der Waals surface area contributed by atoms with E-state index in [-0.39, 0.29) is 27.1 Å². The Kier molecular flexibility index (Phi) is 11.8. The summed E-state index contributed by atoms with van der Waals surface area (Å²) in [7, 11) is -8.23. The summed E-state index contributed by atoms with van der Waals surface area (Å²) in [5.41, 5.74) is 2.38. The molecule has 1 fully saturated rings. The number of carbonyl (C=O) groups is 2. The van der Waals surface area contributed by atoms with Gasteiger partial charge in [0.25, 0.3) is 10.0 Å². The van der Waals surface area contributed by atoms with Gasteiger partial charge in [-0.25, -0.2) is 36.3 Å². The lowest BCUT2D eigenvalue weighted by atomic mass is 10.1. The van der Waals surface area contributed by atoms with Gasteiger partial charge in [-0.1, -0.05) is 30.3 Å². The first-order valence-corrected chi connectivity index (χ1v) is 18.2. The van der Waals surface area contributed by atoms with Crippen molar-refractivity contribution in [1.29, 1.82) is 0 Å². The maximum atomic E-state index is 12.5. The number of ether oxygens (including phenoxy) is 1. The minimum absolute atomic E-state index is 0.0561. The molecule has 1 aliphatic heterocycles. The number of sulfonamides is 2. The van der Waals surface area contributed by atoms with Gasteiger partial charge >= 0.3 is 12.0 Å². The number of urea groups is 1. The molecule has 1 saturated heterocycles. The van der Waals surface area contributed by atoms with E-state index in [4.69, 9.17) is 9.88 Å². The van der Waals surface area contributed by atoms with Crippen molar-refractivity contribution in [1.82, 2.24) is 15.0 Å². The van der Waals surface area contributed by atoms with Crippen molar-refractivity contribution in [2.75, 3.05) is 23.3 Å². The normalized spacial score (nSPS) is 12.9. The van der Waals surface area contributed by atoms with Crippen LogP contribution in [0.4, 0.5) is 21.9 Å². The molecule has 2 amide bonds. The highest BCUT2D eigenvalue weighted by Gasteiger charge is 2.27. The summed E-state index contributed by atoms with van der Waals surface area (Å²) in [6.45, 7) is 6.80. The minimum atomic E-state index is -4.18. The number of aromatic carboxylic acids is 1. The van der Waals surface area contributed by atoms with Crippen molar-refractivity contribution in [2.45, 2.75) is 49.4 Å². The van der Waals surface area contributed by atoms with Crippen molar-refractivity contribution < 1.29 is 36.3 Å². The van der Waals surface area contributed by atoms with Crippen LogP contribution in [0.3, 0.4) is 0 Å². The summed E-state index contributed by atoms with van der Waals surface area (Å²) in [4.78, 5) is 28.5. The number of nitrogens with two attached hydrogens (primary N) is 1. The number of nitrogens with zero attached hydrogens (tertiary/aromatic N) is 2. The van der Waals surface area contributed by atoms with Gasteiger partial charge in [-0.05, 0) is 81.6 Å². The zero-order chi connectivity index (χ0) is 35.8. The number of para-hydroxylation sites is 1. The van der Waals surface area contributed by atoms with E-state index in [1.54, 1.807) is 38.1 Å². The molecular formula is C33H38N6O8S2. The second-order valence-corrected chi connectivity index (χ2v) is 14.6. The van der Waals surface area contributed by atoms with Crippen LogP contribution in [-0.4, -0.2) is 58.1 Å². The van der Waals surface area contributed by atoms with E-state index in [9.17, 15) is 31.5 Å². The lowest BCUT2D eigenvalue weighted by Crippen LogP contribution is -2.42. The number of carbonyl (C=O) groups excluding carboxylic acids is 1. The van der Waals surface area contributed by atoms with E-state index in [1.165, 1.54) is 24.5 Å². The third-order valence-corrected chi connectivity index (χ3v) is 9.29.